The fraction of sp³-hybridized carbons (Fsp3) is 0.128. The fourth-order valence-electron chi connectivity index (χ4n) is 4.37. The maximum absolute atomic E-state index is 8.56. The summed E-state index contributed by atoms with van der Waals surface area (Å²) in [5.74, 6) is 0. The first kappa shape index (κ1) is 34.2. The largest absolute Gasteiger partial charge is 0.393 e. The van der Waals surface area contributed by atoms with Crippen LogP contribution in [0.25, 0.3) is 44.8 Å². The number of pyridine rings is 2. The standard InChI is InChI=1S/2C17H12N.C5H12O2.Ir/c2*1-3-7-14(8-4-1)16-11-12-18-17(13-16)15-9-5-2-6-10-15;1-4(6)3-5(2)7;/h2*1-9,11-13H;4-7H,3H2,1-2H3;/q2*-1;;. The molecule has 0 saturated carbocycles. The van der Waals surface area contributed by atoms with Crippen LogP contribution in [0.1, 0.15) is 20.3 Å². The minimum Gasteiger partial charge on any atom is -0.393 e. The van der Waals surface area contributed by atoms with Crippen molar-refractivity contribution in [2.75, 3.05) is 0 Å². The molecule has 2 N–H and O–H groups in total. The van der Waals surface area contributed by atoms with E-state index in [-0.39, 0.29) is 32.3 Å². The molecule has 0 aliphatic carbocycles. The first-order valence-corrected chi connectivity index (χ1v) is 14.3. The molecule has 2 heterocycles. The van der Waals surface area contributed by atoms with Gasteiger partial charge in [-0.1, -0.05) is 72.8 Å². The first-order chi connectivity index (χ1) is 21.0. The van der Waals surface area contributed by atoms with E-state index in [0.29, 0.717) is 6.42 Å². The smallest absolute Gasteiger partial charge is 0.0536 e. The number of hydrogen-bond acceptors (Lipinski definition) is 4. The predicted octanol–water partition coefficient (Wildman–Crippen LogP) is 8.57. The third-order valence-corrected chi connectivity index (χ3v) is 6.39. The van der Waals surface area contributed by atoms with Crippen LogP contribution in [0.15, 0.2) is 146 Å². The summed E-state index contributed by atoms with van der Waals surface area (Å²) in [6.45, 7) is 3.32. The van der Waals surface area contributed by atoms with Crippen molar-refractivity contribution in [2.24, 2.45) is 0 Å². The van der Waals surface area contributed by atoms with Gasteiger partial charge in [0.2, 0.25) is 0 Å². The summed E-state index contributed by atoms with van der Waals surface area (Å²) in [6.07, 6.45) is 3.41. The van der Waals surface area contributed by atoms with Crippen molar-refractivity contribution in [3.05, 3.63) is 158 Å². The molecule has 2 atom stereocenters. The molecule has 0 aliphatic heterocycles. The summed E-state index contributed by atoms with van der Waals surface area (Å²) in [5, 5.41) is 17.1. The van der Waals surface area contributed by atoms with E-state index in [1.807, 2.05) is 109 Å². The molecule has 4 aromatic carbocycles. The van der Waals surface area contributed by atoms with Gasteiger partial charge in [0.05, 0.1) is 12.2 Å². The van der Waals surface area contributed by atoms with E-state index in [4.69, 9.17) is 10.2 Å². The van der Waals surface area contributed by atoms with Crippen LogP contribution in [0.5, 0.6) is 0 Å². The molecule has 0 amide bonds. The number of aliphatic hydroxyl groups is 2. The molecule has 6 aromatic rings. The number of aliphatic hydroxyl groups excluding tert-OH is 2. The van der Waals surface area contributed by atoms with Gasteiger partial charge in [-0.2, -0.15) is 0 Å². The summed E-state index contributed by atoms with van der Waals surface area (Å²) in [5.41, 5.74) is 8.73. The molecule has 0 fully saturated rings. The molecular formula is C39H36IrN2O2-2. The second-order valence-corrected chi connectivity index (χ2v) is 10.1. The Bertz CT molecular complexity index is 1400. The summed E-state index contributed by atoms with van der Waals surface area (Å²) < 4.78 is 0. The van der Waals surface area contributed by atoms with Gasteiger partial charge in [0.15, 0.2) is 0 Å². The Labute approximate surface area is 274 Å². The molecule has 0 bridgehead atoms. The topological polar surface area (TPSA) is 66.2 Å². The van der Waals surface area contributed by atoms with Gasteiger partial charge in [-0.15, -0.1) is 71.8 Å². The van der Waals surface area contributed by atoms with Crippen molar-refractivity contribution in [1.82, 2.24) is 9.97 Å². The van der Waals surface area contributed by atoms with Crippen LogP contribution < -0.4 is 0 Å². The van der Waals surface area contributed by atoms with E-state index in [2.05, 4.69) is 58.5 Å². The number of hydrogen-bond donors (Lipinski definition) is 2. The Balaban J connectivity index is 0.000000196. The Kier molecular flexibility index (Phi) is 14.3. The maximum Gasteiger partial charge on any atom is 0.0536 e. The summed E-state index contributed by atoms with van der Waals surface area (Å²) >= 11 is 0. The van der Waals surface area contributed by atoms with Crippen LogP contribution in [-0.4, -0.2) is 32.4 Å². The van der Waals surface area contributed by atoms with E-state index >= 15 is 0 Å². The number of aromatic nitrogens is 2. The van der Waals surface area contributed by atoms with Crippen molar-refractivity contribution in [2.45, 2.75) is 32.5 Å². The van der Waals surface area contributed by atoms with Crippen LogP contribution in [0.2, 0.25) is 0 Å². The third kappa shape index (κ3) is 11.1. The van der Waals surface area contributed by atoms with Crippen molar-refractivity contribution in [3.8, 4) is 44.8 Å². The molecule has 44 heavy (non-hydrogen) atoms. The van der Waals surface area contributed by atoms with Crippen LogP contribution >= 0.6 is 0 Å². The summed E-state index contributed by atoms with van der Waals surface area (Å²) in [4.78, 5) is 8.81. The third-order valence-electron chi connectivity index (χ3n) is 6.39. The van der Waals surface area contributed by atoms with Crippen molar-refractivity contribution in [1.29, 1.82) is 0 Å². The fourth-order valence-corrected chi connectivity index (χ4v) is 4.37. The SMILES string of the molecule is CC(O)CC(C)O.[Ir].[c-]1ccccc1-c1cc(-c2ccccc2)ccn1.[c-]1ccccc1-c1cc(-c2ccccc2)ccn1. The Hall–Kier alpha value is -4.25. The van der Waals surface area contributed by atoms with E-state index < -0.39 is 0 Å². The monoisotopic (exact) mass is 757 g/mol. The maximum atomic E-state index is 8.56. The minimum absolute atomic E-state index is 0. The van der Waals surface area contributed by atoms with Gasteiger partial charge in [0, 0.05) is 32.5 Å². The minimum atomic E-state index is -0.375. The molecule has 0 aliphatic rings. The van der Waals surface area contributed by atoms with Gasteiger partial charge in [0.25, 0.3) is 0 Å². The zero-order chi connectivity index (χ0) is 30.3. The van der Waals surface area contributed by atoms with Gasteiger partial charge in [-0.05, 0) is 66.0 Å². The van der Waals surface area contributed by atoms with Crippen molar-refractivity contribution in [3.63, 3.8) is 0 Å². The predicted molar refractivity (Wildman–Crippen MR) is 176 cm³/mol. The van der Waals surface area contributed by atoms with Crippen LogP contribution in [0.3, 0.4) is 0 Å². The van der Waals surface area contributed by atoms with Crippen LogP contribution in [-0.2, 0) is 20.1 Å². The summed E-state index contributed by atoms with van der Waals surface area (Å²) in [7, 11) is 0. The molecule has 0 spiro atoms. The van der Waals surface area contributed by atoms with Crippen molar-refractivity contribution >= 4 is 0 Å². The number of rotatable bonds is 6. The van der Waals surface area contributed by atoms with Gasteiger partial charge in [0.1, 0.15) is 0 Å². The average molecular weight is 757 g/mol. The van der Waals surface area contributed by atoms with Crippen LogP contribution in [0, 0.1) is 12.1 Å². The Morgan fingerprint density at radius 3 is 1.23 bits per heavy atom. The Morgan fingerprint density at radius 1 is 0.523 bits per heavy atom. The van der Waals surface area contributed by atoms with Gasteiger partial charge < -0.3 is 20.2 Å². The van der Waals surface area contributed by atoms with E-state index in [0.717, 1.165) is 22.5 Å². The van der Waals surface area contributed by atoms with Gasteiger partial charge in [-0.3, -0.25) is 0 Å². The molecule has 5 heteroatoms. The van der Waals surface area contributed by atoms with E-state index in [1.54, 1.807) is 13.8 Å². The zero-order valence-corrected chi connectivity index (χ0v) is 27.2. The van der Waals surface area contributed by atoms with E-state index in [9.17, 15) is 0 Å². The quantitative estimate of drug-likeness (QED) is 0.167. The molecule has 225 valence electrons. The molecule has 1 radical (unpaired) electrons. The second kappa shape index (κ2) is 18.4. The zero-order valence-electron chi connectivity index (χ0n) is 24.8. The normalized spacial score (nSPS) is 11.4. The van der Waals surface area contributed by atoms with Gasteiger partial charge in [-0.25, -0.2) is 0 Å². The van der Waals surface area contributed by atoms with E-state index in [1.165, 1.54) is 22.3 Å². The second-order valence-electron chi connectivity index (χ2n) is 10.1. The van der Waals surface area contributed by atoms with Gasteiger partial charge >= 0.3 is 0 Å². The molecule has 6 rings (SSSR count). The average Bonchev–Trinajstić information content (AvgIpc) is 3.06. The molecule has 2 unspecified atom stereocenters. The Morgan fingerprint density at radius 2 is 0.909 bits per heavy atom. The number of benzene rings is 4. The van der Waals surface area contributed by atoms with Crippen LogP contribution in [0.4, 0.5) is 0 Å². The molecule has 0 saturated heterocycles. The first-order valence-electron chi connectivity index (χ1n) is 14.3. The summed E-state index contributed by atoms with van der Waals surface area (Å²) in [6, 6.07) is 51.1. The molecule has 4 nitrogen and oxygen atoms in total. The molecule has 2 aromatic heterocycles. The molecular weight excluding hydrogens is 721 g/mol. The van der Waals surface area contributed by atoms with Crippen molar-refractivity contribution < 1.29 is 30.3 Å². The number of nitrogens with zero attached hydrogens (tertiary/aromatic N) is 2.